The maximum Gasteiger partial charge on any atom is 0.338 e. The van der Waals surface area contributed by atoms with E-state index in [1.165, 1.54) is 25.8 Å². The molecule has 0 aliphatic rings. The van der Waals surface area contributed by atoms with Gasteiger partial charge in [-0.1, -0.05) is 0 Å². The van der Waals surface area contributed by atoms with Crippen molar-refractivity contribution in [2.75, 3.05) is 17.7 Å². The maximum atomic E-state index is 12.6. The molecular formula is C21H24N2O4S. The number of ether oxygens (including phenoxy) is 1. The molecule has 2 aromatic rings. The van der Waals surface area contributed by atoms with Gasteiger partial charge in [-0.05, 0) is 68.3 Å². The van der Waals surface area contributed by atoms with Gasteiger partial charge in [-0.2, -0.15) is 0 Å². The van der Waals surface area contributed by atoms with Crippen LogP contribution in [0.3, 0.4) is 0 Å². The largest absolute Gasteiger partial charge is 0.465 e. The van der Waals surface area contributed by atoms with Crippen LogP contribution in [0.1, 0.15) is 35.3 Å². The summed E-state index contributed by atoms with van der Waals surface area (Å²) in [6.45, 7) is 6.99. The molecule has 0 aliphatic carbocycles. The first-order chi connectivity index (χ1) is 13.2. The summed E-state index contributed by atoms with van der Waals surface area (Å²) in [5, 5.41) is 5.21. The Hall–Kier alpha value is -2.80. The third-order valence-corrected chi connectivity index (χ3v) is 5.31. The Kier molecular flexibility index (Phi) is 7.23. The predicted octanol–water partition coefficient (Wildman–Crippen LogP) is 4.17. The molecule has 7 heteroatoms. The van der Waals surface area contributed by atoms with Gasteiger partial charge in [-0.25, -0.2) is 4.79 Å². The molecule has 0 aliphatic heterocycles. The van der Waals surface area contributed by atoms with Crippen LogP contribution in [0, 0.1) is 13.8 Å². The third-order valence-electron chi connectivity index (χ3n) is 4.20. The van der Waals surface area contributed by atoms with Crippen LogP contribution in [0.25, 0.3) is 0 Å². The minimum Gasteiger partial charge on any atom is -0.465 e. The van der Waals surface area contributed by atoms with E-state index >= 15 is 0 Å². The highest BCUT2D eigenvalue weighted by molar-refractivity contribution is 8.00. The van der Waals surface area contributed by atoms with Gasteiger partial charge < -0.3 is 15.4 Å². The first kappa shape index (κ1) is 21.5. The number of nitrogens with one attached hydrogen (secondary N) is 2. The van der Waals surface area contributed by atoms with Crippen LogP contribution < -0.4 is 10.6 Å². The van der Waals surface area contributed by atoms with Gasteiger partial charge in [0, 0.05) is 23.2 Å². The summed E-state index contributed by atoms with van der Waals surface area (Å²) in [4.78, 5) is 36.5. The third kappa shape index (κ3) is 5.60. The van der Waals surface area contributed by atoms with Crippen molar-refractivity contribution in [3.8, 4) is 0 Å². The van der Waals surface area contributed by atoms with Crippen molar-refractivity contribution < 1.29 is 19.1 Å². The van der Waals surface area contributed by atoms with Crippen molar-refractivity contribution in [3.05, 3.63) is 53.1 Å². The zero-order chi connectivity index (χ0) is 20.8. The van der Waals surface area contributed by atoms with Crippen molar-refractivity contribution in [2.24, 2.45) is 0 Å². The van der Waals surface area contributed by atoms with Gasteiger partial charge in [0.2, 0.25) is 11.8 Å². The molecule has 2 aromatic carbocycles. The Bertz CT molecular complexity index is 894. The lowest BCUT2D eigenvalue weighted by Gasteiger charge is -2.15. The summed E-state index contributed by atoms with van der Waals surface area (Å²) in [5.41, 5.74) is 3.42. The number of anilines is 2. The molecule has 0 heterocycles. The van der Waals surface area contributed by atoms with Gasteiger partial charge in [0.05, 0.1) is 17.9 Å². The number of amides is 2. The van der Waals surface area contributed by atoms with E-state index in [-0.39, 0.29) is 17.1 Å². The second-order valence-corrected chi connectivity index (χ2v) is 7.83. The highest BCUT2D eigenvalue weighted by Crippen LogP contribution is 2.27. The quantitative estimate of drug-likeness (QED) is 0.562. The highest BCUT2D eigenvalue weighted by Gasteiger charge is 2.17. The van der Waals surface area contributed by atoms with E-state index in [1.54, 1.807) is 18.2 Å². The van der Waals surface area contributed by atoms with E-state index in [2.05, 4.69) is 10.6 Å². The zero-order valence-electron chi connectivity index (χ0n) is 16.6. The molecular weight excluding hydrogens is 376 g/mol. The normalized spacial score (nSPS) is 11.5. The molecule has 28 heavy (non-hydrogen) atoms. The minimum atomic E-state index is -0.432. The van der Waals surface area contributed by atoms with Crippen LogP contribution in [0.2, 0.25) is 0 Å². The van der Waals surface area contributed by atoms with Gasteiger partial charge in [0.25, 0.3) is 0 Å². The zero-order valence-corrected chi connectivity index (χ0v) is 17.4. The van der Waals surface area contributed by atoms with Crippen molar-refractivity contribution in [2.45, 2.75) is 37.8 Å². The van der Waals surface area contributed by atoms with Crippen molar-refractivity contribution in [1.29, 1.82) is 0 Å². The molecule has 0 saturated heterocycles. The van der Waals surface area contributed by atoms with Gasteiger partial charge in [-0.3, -0.25) is 9.59 Å². The molecule has 0 fully saturated rings. The number of benzene rings is 2. The van der Waals surface area contributed by atoms with E-state index in [0.29, 0.717) is 16.9 Å². The molecule has 2 amide bonds. The Labute approximate surface area is 169 Å². The molecule has 2 rings (SSSR count). The summed E-state index contributed by atoms with van der Waals surface area (Å²) >= 11 is 1.40. The van der Waals surface area contributed by atoms with E-state index in [4.69, 9.17) is 4.74 Å². The molecule has 0 saturated carbocycles. The van der Waals surface area contributed by atoms with Crippen LogP contribution in [-0.2, 0) is 14.3 Å². The van der Waals surface area contributed by atoms with Crippen molar-refractivity contribution in [1.82, 2.24) is 0 Å². The van der Waals surface area contributed by atoms with Crippen LogP contribution in [-0.4, -0.2) is 30.1 Å². The number of hydrogen-bond acceptors (Lipinski definition) is 5. The van der Waals surface area contributed by atoms with Gasteiger partial charge in [0.15, 0.2) is 0 Å². The van der Waals surface area contributed by atoms with E-state index in [0.717, 1.165) is 16.0 Å². The summed E-state index contributed by atoms with van der Waals surface area (Å²) in [6.07, 6.45) is 0. The first-order valence-corrected chi connectivity index (χ1v) is 9.64. The fourth-order valence-corrected chi connectivity index (χ4v) is 3.44. The second-order valence-electron chi connectivity index (χ2n) is 6.41. The number of aryl methyl sites for hydroxylation is 1. The molecule has 2 N–H and O–H groups in total. The number of carbonyl (C=O) groups is 3. The van der Waals surface area contributed by atoms with Crippen LogP contribution in [0.15, 0.2) is 41.3 Å². The smallest absolute Gasteiger partial charge is 0.338 e. The molecule has 0 aromatic heterocycles. The Balaban J connectivity index is 2.07. The topological polar surface area (TPSA) is 84.5 Å². The molecule has 1 atom stereocenters. The van der Waals surface area contributed by atoms with Crippen molar-refractivity contribution in [3.63, 3.8) is 0 Å². The average molecular weight is 401 g/mol. The lowest BCUT2D eigenvalue weighted by Crippen LogP contribution is -2.22. The fourth-order valence-electron chi connectivity index (χ4n) is 2.58. The first-order valence-electron chi connectivity index (χ1n) is 8.76. The number of carbonyl (C=O) groups excluding carboxylic acids is 3. The van der Waals surface area contributed by atoms with Crippen LogP contribution in [0.4, 0.5) is 11.4 Å². The van der Waals surface area contributed by atoms with E-state index in [9.17, 15) is 14.4 Å². The van der Waals surface area contributed by atoms with Gasteiger partial charge >= 0.3 is 5.97 Å². The Morgan fingerprint density at radius 3 is 2.21 bits per heavy atom. The van der Waals surface area contributed by atoms with Crippen molar-refractivity contribution >= 4 is 40.9 Å². The maximum absolute atomic E-state index is 12.6. The molecule has 0 bridgehead atoms. The number of rotatable bonds is 6. The number of thioether (sulfide) groups is 1. The van der Waals surface area contributed by atoms with E-state index in [1.807, 2.05) is 39.0 Å². The molecule has 0 radical (unpaired) electrons. The second kappa shape index (κ2) is 9.41. The summed E-state index contributed by atoms with van der Waals surface area (Å²) in [6, 6.07) is 10.8. The summed E-state index contributed by atoms with van der Waals surface area (Å²) in [7, 11) is 1.33. The number of esters is 1. The standard InChI is InChI=1S/C21H24N2O4S/c1-12-10-17(11-19(13(12)2)21(26)27-5)23-20(25)14(3)28-18-8-6-16(7-9-18)22-15(4)24/h6-11,14H,1-5H3,(H,22,24)(H,23,25). The van der Waals surface area contributed by atoms with Crippen LogP contribution in [0.5, 0.6) is 0 Å². The monoisotopic (exact) mass is 400 g/mol. The molecule has 1 unspecified atom stereocenters. The molecule has 148 valence electrons. The molecule has 0 spiro atoms. The predicted molar refractivity (Wildman–Crippen MR) is 112 cm³/mol. The molecule has 6 nitrogen and oxygen atoms in total. The highest BCUT2D eigenvalue weighted by atomic mass is 32.2. The summed E-state index contributed by atoms with van der Waals surface area (Å²) < 4.78 is 4.81. The number of methoxy groups -OCH3 is 1. The van der Waals surface area contributed by atoms with E-state index < -0.39 is 5.97 Å². The Morgan fingerprint density at radius 2 is 1.64 bits per heavy atom. The fraction of sp³-hybridized carbons (Fsp3) is 0.286. The van der Waals surface area contributed by atoms with Gasteiger partial charge in [-0.15, -0.1) is 11.8 Å². The lowest BCUT2D eigenvalue weighted by atomic mass is 10.0. The summed E-state index contributed by atoms with van der Waals surface area (Å²) in [5.74, 6) is -0.735. The van der Waals surface area contributed by atoms with Crippen LogP contribution >= 0.6 is 11.8 Å². The lowest BCUT2D eigenvalue weighted by molar-refractivity contribution is -0.115. The SMILES string of the molecule is COC(=O)c1cc(NC(=O)C(C)Sc2ccc(NC(C)=O)cc2)cc(C)c1C. The van der Waals surface area contributed by atoms with Gasteiger partial charge in [0.1, 0.15) is 0 Å². The average Bonchev–Trinajstić information content (AvgIpc) is 2.64. The minimum absolute atomic E-state index is 0.132. The Morgan fingerprint density at radius 1 is 1.00 bits per heavy atom. The number of hydrogen-bond donors (Lipinski definition) is 2.